The molecule has 0 saturated heterocycles. The molecule has 0 saturated carbocycles. The molecule has 2 nitrogen and oxygen atoms in total. The van der Waals surface area contributed by atoms with Gasteiger partial charge in [-0.25, -0.2) is 0 Å². The Morgan fingerprint density at radius 1 is 1.50 bits per heavy atom. The van der Waals surface area contributed by atoms with E-state index in [2.05, 4.69) is 4.98 Å². The molecule has 1 rings (SSSR count). The lowest BCUT2D eigenvalue weighted by atomic mass is 10.1. The van der Waals surface area contributed by atoms with Crippen LogP contribution in [0, 0.1) is 6.92 Å². The second kappa shape index (κ2) is 4.67. The van der Waals surface area contributed by atoms with Crippen LogP contribution < -0.4 is 0 Å². The van der Waals surface area contributed by atoms with E-state index >= 15 is 0 Å². The van der Waals surface area contributed by atoms with Gasteiger partial charge in [0.15, 0.2) is 0 Å². The summed E-state index contributed by atoms with van der Waals surface area (Å²) in [7, 11) is 0. The lowest BCUT2D eigenvalue weighted by molar-refractivity contribution is 0.178. The fourth-order valence-electron chi connectivity index (χ4n) is 1.03. The highest BCUT2D eigenvalue weighted by atomic mass is 35.6. The van der Waals surface area contributed by atoms with Crippen LogP contribution in [-0.4, -0.2) is 20.0 Å². The van der Waals surface area contributed by atoms with Crippen molar-refractivity contribution < 1.29 is 5.11 Å². The molecule has 0 fully saturated rings. The summed E-state index contributed by atoms with van der Waals surface area (Å²) in [6.07, 6.45) is 0.845. The van der Waals surface area contributed by atoms with Crippen LogP contribution in [0.3, 0.4) is 0 Å². The fourth-order valence-corrected chi connectivity index (χ4v) is 1.26. The molecule has 0 radical (unpaired) electrons. The van der Waals surface area contributed by atoms with Gasteiger partial charge in [-0.05, 0) is 18.6 Å². The first-order chi connectivity index (χ1) is 6.41. The molecule has 1 atom stereocenters. The summed E-state index contributed by atoms with van der Waals surface area (Å²) >= 11 is 16.6. The Balaban J connectivity index is 2.75. The summed E-state index contributed by atoms with van der Waals surface area (Å²) in [4.78, 5) is 4.10. The number of alkyl halides is 3. The average Bonchev–Trinajstić information content (AvgIpc) is 2.07. The molecule has 1 heterocycles. The van der Waals surface area contributed by atoms with Crippen molar-refractivity contribution >= 4 is 34.8 Å². The third kappa shape index (κ3) is 3.28. The Morgan fingerprint density at radius 2 is 2.14 bits per heavy atom. The topological polar surface area (TPSA) is 33.1 Å². The first-order valence-corrected chi connectivity index (χ1v) is 5.20. The molecular weight excluding hydrogens is 244 g/mol. The quantitative estimate of drug-likeness (QED) is 0.823. The maximum absolute atomic E-state index is 9.53. The zero-order valence-electron chi connectivity index (χ0n) is 7.54. The predicted octanol–water partition coefficient (Wildman–Crippen LogP) is 2.66. The SMILES string of the molecule is Cc1cccnc1C[C@H](O)C(Cl)(Cl)Cl. The van der Waals surface area contributed by atoms with Gasteiger partial charge in [-0.1, -0.05) is 40.9 Å². The van der Waals surface area contributed by atoms with Gasteiger partial charge in [-0.2, -0.15) is 0 Å². The summed E-state index contributed by atoms with van der Waals surface area (Å²) in [5, 5.41) is 9.53. The minimum absolute atomic E-state index is 0.239. The van der Waals surface area contributed by atoms with Crippen molar-refractivity contribution in [3.63, 3.8) is 0 Å². The van der Waals surface area contributed by atoms with Crippen molar-refractivity contribution in [1.82, 2.24) is 4.98 Å². The average molecular weight is 255 g/mol. The molecule has 0 bridgehead atoms. The normalized spacial score (nSPS) is 14.1. The Kier molecular flexibility index (Phi) is 4.02. The zero-order valence-corrected chi connectivity index (χ0v) is 9.81. The van der Waals surface area contributed by atoms with Crippen LogP contribution in [0.5, 0.6) is 0 Å². The fraction of sp³-hybridized carbons (Fsp3) is 0.444. The van der Waals surface area contributed by atoms with Crippen LogP contribution in [0.25, 0.3) is 0 Å². The van der Waals surface area contributed by atoms with Gasteiger partial charge in [0.2, 0.25) is 3.79 Å². The molecule has 78 valence electrons. The summed E-state index contributed by atoms with van der Waals surface area (Å²) < 4.78 is -1.66. The van der Waals surface area contributed by atoms with Crippen LogP contribution in [0.15, 0.2) is 18.3 Å². The first kappa shape index (κ1) is 12.1. The molecule has 0 spiro atoms. The summed E-state index contributed by atoms with van der Waals surface area (Å²) in [6, 6.07) is 3.72. The minimum atomic E-state index is -1.66. The first-order valence-electron chi connectivity index (χ1n) is 4.06. The van der Waals surface area contributed by atoms with Crippen LogP contribution in [-0.2, 0) is 6.42 Å². The van der Waals surface area contributed by atoms with Gasteiger partial charge in [0.1, 0.15) is 6.10 Å². The van der Waals surface area contributed by atoms with E-state index in [0.29, 0.717) is 0 Å². The molecule has 1 aromatic heterocycles. The van der Waals surface area contributed by atoms with E-state index in [0.717, 1.165) is 11.3 Å². The number of pyridine rings is 1. The lowest BCUT2D eigenvalue weighted by Crippen LogP contribution is -2.28. The number of hydrogen-bond acceptors (Lipinski definition) is 2. The highest BCUT2D eigenvalue weighted by Gasteiger charge is 2.31. The van der Waals surface area contributed by atoms with Crippen molar-refractivity contribution in [3.8, 4) is 0 Å². The van der Waals surface area contributed by atoms with E-state index in [9.17, 15) is 5.11 Å². The molecule has 0 unspecified atom stereocenters. The standard InChI is InChI=1S/C9H10Cl3NO/c1-6-3-2-4-13-7(6)5-8(14)9(10,11)12/h2-4,8,14H,5H2,1H3/t8-/m0/s1. The van der Waals surface area contributed by atoms with Crippen molar-refractivity contribution in [2.24, 2.45) is 0 Å². The van der Waals surface area contributed by atoms with Gasteiger partial charge in [0, 0.05) is 18.3 Å². The minimum Gasteiger partial charge on any atom is -0.388 e. The molecular formula is C9H10Cl3NO. The van der Waals surface area contributed by atoms with E-state index in [1.165, 1.54) is 0 Å². The molecule has 5 heteroatoms. The van der Waals surface area contributed by atoms with E-state index in [4.69, 9.17) is 34.8 Å². The summed E-state index contributed by atoms with van der Waals surface area (Å²) in [6.45, 7) is 1.90. The number of aryl methyl sites for hydroxylation is 1. The van der Waals surface area contributed by atoms with Crippen LogP contribution in [0.2, 0.25) is 0 Å². The maximum atomic E-state index is 9.53. The van der Waals surface area contributed by atoms with E-state index in [1.54, 1.807) is 6.20 Å². The number of aliphatic hydroxyl groups is 1. The molecule has 0 aliphatic rings. The number of halogens is 3. The van der Waals surface area contributed by atoms with Crippen molar-refractivity contribution in [3.05, 3.63) is 29.6 Å². The van der Waals surface area contributed by atoms with Gasteiger partial charge >= 0.3 is 0 Å². The van der Waals surface area contributed by atoms with E-state index in [-0.39, 0.29) is 6.42 Å². The van der Waals surface area contributed by atoms with Crippen molar-refractivity contribution in [1.29, 1.82) is 0 Å². The molecule has 1 aromatic rings. The molecule has 0 aliphatic carbocycles. The smallest absolute Gasteiger partial charge is 0.216 e. The van der Waals surface area contributed by atoms with Gasteiger partial charge < -0.3 is 5.11 Å². The molecule has 0 amide bonds. The number of aliphatic hydroxyl groups excluding tert-OH is 1. The van der Waals surface area contributed by atoms with Crippen LogP contribution >= 0.6 is 34.8 Å². The number of nitrogens with zero attached hydrogens (tertiary/aromatic N) is 1. The summed E-state index contributed by atoms with van der Waals surface area (Å²) in [5.74, 6) is 0. The second-order valence-corrected chi connectivity index (χ2v) is 5.40. The number of hydrogen-bond donors (Lipinski definition) is 1. The Hall–Kier alpha value is -0.0200. The van der Waals surface area contributed by atoms with Crippen molar-refractivity contribution in [2.45, 2.75) is 23.2 Å². The molecule has 0 aliphatic heterocycles. The highest BCUT2D eigenvalue weighted by Crippen LogP contribution is 2.31. The predicted molar refractivity (Wildman–Crippen MR) is 59.0 cm³/mol. The molecule has 1 N–H and O–H groups in total. The zero-order chi connectivity index (χ0) is 10.8. The Bertz CT molecular complexity index is 311. The van der Waals surface area contributed by atoms with Crippen molar-refractivity contribution in [2.75, 3.05) is 0 Å². The van der Waals surface area contributed by atoms with Gasteiger partial charge in [0.05, 0.1) is 0 Å². The van der Waals surface area contributed by atoms with Gasteiger partial charge in [0.25, 0.3) is 0 Å². The largest absolute Gasteiger partial charge is 0.388 e. The Labute approximate surface area is 97.8 Å². The maximum Gasteiger partial charge on any atom is 0.216 e. The highest BCUT2D eigenvalue weighted by molar-refractivity contribution is 6.68. The number of rotatable bonds is 2. The van der Waals surface area contributed by atoms with E-state index < -0.39 is 9.90 Å². The van der Waals surface area contributed by atoms with Gasteiger partial charge in [-0.3, -0.25) is 4.98 Å². The third-order valence-corrected chi connectivity index (χ3v) is 2.64. The van der Waals surface area contributed by atoms with Crippen LogP contribution in [0.4, 0.5) is 0 Å². The number of aromatic nitrogens is 1. The monoisotopic (exact) mass is 253 g/mol. The second-order valence-electron chi connectivity index (χ2n) is 3.03. The van der Waals surface area contributed by atoms with Crippen LogP contribution in [0.1, 0.15) is 11.3 Å². The van der Waals surface area contributed by atoms with Gasteiger partial charge in [-0.15, -0.1) is 0 Å². The lowest BCUT2D eigenvalue weighted by Gasteiger charge is -2.18. The molecule has 0 aromatic carbocycles. The van der Waals surface area contributed by atoms with E-state index in [1.807, 2.05) is 19.1 Å². The summed E-state index contributed by atoms with van der Waals surface area (Å²) in [5.41, 5.74) is 1.71. The third-order valence-electron chi connectivity index (χ3n) is 1.88. The molecule has 14 heavy (non-hydrogen) atoms. The Morgan fingerprint density at radius 3 is 2.64 bits per heavy atom.